The highest BCUT2D eigenvalue weighted by Crippen LogP contribution is 2.36. The Morgan fingerprint density at radius 1 is 1.32 bits per heavy atom. The molecule has 0 aromatic carbocycles. The van der Waals surface area contributed by atoms with Gasteiger partial charge in [0.15, 0.2) is 11.6 Å². The second-order valence-electron chi connectivity index (χ2n) is 9.01. The number of aliphatic imine (C=N–C) groups is 1. The Labute approximate surface area is 196 Å². The molecule has 11 heteroatoms. The quantitative estimate of drug-likeness (QED) is 0.383. The van der Waals surface area contributed by atoms with Gasteiger partial charge in [-0.2, -0.15) is 0 Å². The molecule has 3 unspecified atom stereocenters. The van der Waals surface area contributed by atoms with E-state index in [-0.39, 0.29) is 30.3 Å². The van der Waals surface area contributed by atoms with E-state index in [4.69, 9.17) is 5.73 Å². The number of piperidine rings is 1. The molecule has 1 aliphatic heterocycles. The largest absolute Gasteiger partial charge is 0.573 e. The number of hydrogen-bond acceptors (Lipinski definition) is 6. The third-order valence-corrected chi connectivity index (χ3v) is 6.61. The number of halogens is 5. The van der Waals surface area contributed by atoms with Crippen LogP contribution in [-0.2, 0) is 0 Å². The molecule has 2 heterocycles. The molecule has 34 heavy (non-hydrogen) atoms. The van der Waals surface area contributed by atoms with Gasteiger partial charge in [0.1, 0.15) is 0 Å². The molecule has 190 valence electrons. The minimum atomic E-state index is -4.94. The average molecular weight is 490 g/mol. The maximum atomic E-state index is 13.1. The van der Waals surface area contributed by atoms with Crippen LogP contribution in [0.4, 0.5) is 27.8 Å². The summed E-state index contributed by atoms with van der Waals surface area (Å²) in [7, 11) is 0. The van der Waals surface area contributed by atoms with E-state index in [0.29, 0.717) is 12.0 Å². The Morgan fingerprint density at radius 3 is 2.65 bits per heavy atom. The van der Waals surface area contributed by atoms with Gasteiger partial charge in [0.25, 0.3) is 0 Å². The summed E-state index contributed by atoms with van der Waals surface area (Å²) in [6.07, 6.45) is 0.330. The zero-order valence-corrected chi connectivity index (χ0v) is 19.3. The van der Waals surface area contributed by atoms with Crippen LogP contribution >= 0.6 is 0 Å². The van der Waals surface area contributed by atoms with E-state index in [1.165, 1.54) is 25.5 Å². The maximum Gasteiger partial charge on any atom is 0.573 e. The zero-order valence-electron chi connectivity index (χ0n) is 19.3. The molecule has 2 fully saturated rings. The fourth-order valence-electron chi connectivity index (χ4n) is 4.99. The highest BCUT2D eigenvalue weighted by molar-refractivity contribution is 5.69. The first-order chi connectivity index (χ1) is 16.1. The van der Waals surface area contributed by atoms with Crippen LogP contribution in [0.2, 0.25) is 0 Å². The lowest BCUT2D eigenvalue weighted by Gasteiger charge is -2.35. The SMILES string of the molecule is C=N/C(=C\N(CCC(F)F)C1CC(C)C(N2CCCCC2)C1)c1cnc(N)c(OC(F)(F)F)c1. The number of hydrogen-bond donors (Lipinski definition) is 1. The summed E-state index contributed by atoms with van der Waals surface area (Å²) in [5, 5.41) is 0. The minimum Gasteiger partial charge on any atom is -0.402 e. The normalized spacial score (nSPS) is 24.4. The summed E-state index contributed by atoms with van der Waals surface area (Å²) in [4.78, 5) is 12.1. The monoisotopic (exact) mass is 489 g/mol. The molecule has 1 saturated carbocycles. The van der Waals surface area contributed by atoms with Gasteiger partial charge in [0.2, 0.25) is 6.43 Å². The van der Waals surface area contributed by atoms with Gasteiger partial charge in [-0.05, 0) is 57.5 Å². The summed E-state index contributed by atoms with van der Waals surface area (Å²) in [5.41, 5.74) is 5.93. The molecule has 3 rings (SSSR count). The summed E-state index contributed by atoms with van der Waals surface area (Å²) in [5.74, 6) is -0.679. The number of aromatic nitrogens is 1. The molecule has 0 spiro atoms. The lowest BCUT2D eigenvalue weighted by molar-refractivity contribution is -0.274. The Balaban J connectivity index is 1.85. The molecule has 2 aliphatic rings. The summed E-state index contributed by atoms with van der Waals surface area (Å²) < 4.78 is 68.3. The van der Waals surface area contributed by atoms with Crippen molar-refractivity contribution in [1.82, 2.24) is 14.8 Å². The van der Waals surface area contributed by atoms with E-state index in [9.17, 15) is 22.0 Å². The van der Waals surface area contributed by atoms with Crippen LogP contribution in [0.5, 0.6) is 5.75 Å². The number of alkyl halides is 5. The van der Waals surface area contributed by atoms with Gasteiger partial charge < -0.3 is 20.3 Å². The topological polar surface area (TPSA) is 67.0 Å². The molecular weight excluding hydrogens is 457 g/mol. The van der Waals surface area contributed by atoms with E-state index in [1.54, 1.807) is 6.20 Å². The van der Waals surface area contributed by atoms with E-state index >= 15 is 0 Å². The number of nitrogen functional groups attached to an aromatic ring is 1. The number of pyridine rings is 1. The van der Waals surface area contributed by atoms with Gasteiger partial charge in [-0.15, -0.1) is 13.2 Å². The Kier molecular flexibility index (Phi) is 8.72. The number of nitrogens with two attached hydrogens (primary N) is 1. The summed E-state index contributed by atoms with van der Waals surface area (Å²) >= 11 is 0. The van der Waals surface area contributed by atoms with Crippen molar-refractivity contribution >= 4 is 18.2 Å². The molecule has 6 nitrogen and oxygen atoms in total. The summed E-state index contributed by atoms with van der Waals surface area (Å²) in [6.45, 7) is 7.89. The number of nitrogens with zero attached hydrogens (tertiary/aromatic N) is 4. The number of anilines is 1. The molecule has 1 aromatic heterocycles. The van der Waals surface area contributed by atoms with Crippen LogP contribution in [0.15, 0.2) is 23.5 Å². The second-order valence-corrected chi connectivity index (χ2v) is 9.01. The van der Waals surface area contributed by atoms with E-state index < -0.39 is 24.4 Å². The van der Waals surface area contributed by atoms with Crippen LogP contribution < -0.4 is 10.5 Å². The maximum absolute atomic E-state index is 13.1. The molecule has 0 bridgehead atoms. The van der Waals surface area contributed by atoms with Crippen LogP contribution in [0.3, 0.4) is 0 Å². The Bertz CT molecular complexity index is 857. The first-order valence-corrected chi connectivity index (χ1v) is 11.6. The van der Waals surface area contributed by atoms with Crippen molar-refractivity contribution in [2.24, 2.45) is 10.9 Å². The van der Waals surface area contributed by atoms with E-state index in [2.05, 4.69) is 33.3 Å². The van der Waals surface area contributed by atoms with Crippen molar-refractivity contribution in [3.05, 3.63) is 24.0 Å². The van der Waals surface area contributed by atoms with Gasteiger partial charge >= 0.3 is 6.36 Å². The first-order valence-electron chi connectivity index (χ1n) is 11.6. The highest BCUT2D eigenvalue weighted by Gasteiger charge is 2.38. The van der Waals surface area contributed by atoms with Crippen LogP contribution in [0, 0.1) is 5.92 Å². The second kappa shape index (κ2) is 11.3. The molecule has 3 atom stereocenters. The molecule has 1 aromatic rings. The van der Waals surface area contributed by atoms with Gasteiger partial charge in [0, 0.05) is 43.0 Å². The Morgan fingerprint density at radius 2 is 2.03 bits per heavy atom. The number of ether oxygens (including phenoxy) is 1. The molecule has 0 amide bonds. The van der Waals surface area contributed by atoms with Crippen molar-refractivity contribution < 1.29 is 26.7 Å². The lowest BCUT2D eigenvalue weighted by atomic mass is 10.0. The fourth-order valence-corrected chi connectivity index (χ4v) is 4.99. The predicted molar refractivity (Wildman–Crippen MR) is 122 cm³/mol. The van der Waals surface area contributed by atoms with Gasteiger partial charge in [-0.1, -0.05) is 13.3 Å². The summed E-state index contributed by atoms with van der Waals surface area (Å²) in [6, 6.07) is 1.46. The van der Waals surface area contributed by atoms with E-state index in [1.807, 2.05) is 4.90 Å². The number of rotatable bonds is 9. The van der Waals surface area contributed by atoms with Crippen LogP contribution in [0.1, 0.15) is 51.0 Å². The molecule has 0 radical (unpaired) electrons. The third-order valence-electron chi connectivity index (χ3n) is 6.61. The smallest absolute Gasteiger partial charge is 0.402 e. The van der Waals surface area contributed by atoms with Crippen molar-refractivity contribution in [2.75, 3.05) is 25.4 Å². The van der Waals surface area contributed by atoms with Crippen molar-refractivity contribution in [1.29, 1.82) is 0 Å². The molecule has 1 saturated heterocycles. The van der Waals surface area contributed by atoms with Gasteiger partial charge in [0.05, 0.1) is 5.70 Å². The van der Waals surface area contributed by atoms with E-state index in [0.717, 1.165) is 32.0 Å². The van der Waals surface area contributed by atoms with Gasteiger partial charge in [-0.3, -0.25) is 4.99 Å². The standard InChI is InChI=1S/C23H32F5N5O/c1-15-10-17(12-19(15)32-7-4-3-5-8-32)33(9-6-21(24)25)14-18(30-2)16-11-20(22(29)31-13-16)34-23(26,27)28/h11,13-15,17,19,21H,2-10,12H2,1H3,(H2,29,31)/b18-14-. The van der Waals surface area contributed by atoms with Crippen LogP contribution in [0.25, 0.3) is 5.70 Å². The Hall–Kier alpha value is -2.43. The van der Waals surface area contributed by atoms with Crippen molar-refractivity contribution in [3.63, 3.8) is 0 Å². The van der Waals surface area contributed by atoms with Crippen LogP contribution in [-0.4, -0.2) is 66.0 Å². The predicted octanol–water partition coefficient (Wildman–Crippen LogP) is 5.17. The minimum absolute atomic E-state index is 0.00469. The first kappa shape index (κ1) is 26.2. The van der Waals surface area contributed by atoms with Crippen molar-refractivity contribution in [2.45, 2.75) is 70.3 Å². The highest BCUT2D eigenvalue weighted by atomic mass is 19.4. The lowest BCUT2D eigenvalue weighted by Crippen LogP contribution is -2.41. The molecular formula is C23H32F5N5O. The third kappa shape index (κ3) is 7.04. The fraction of sp³-hybridized carbons (Fsp3) is 0.652. The molecule has 2 N–H and O–H groups in total. The van der Waals surface area contributed by atoms with Gasteiger partial charge in [-0.25, -0.2) is 13.8 Å². The van der Waals surface area contributed by atoms with Crippen molar-refractivity contribution in [3.8, 4) is 5.75 Å². The zero-order chi connectivity index (χ0) is 24.9. The number of likely N-dealkylation sites (tertiary alicyclic amines) is 1. The molecule has 1 aliphatic carbocycles. The average Bonchev–Trinajstić information content (AvgIpc) is 3.16.